The van der Waals surface area contributed by atoms with Crippen molar-refractivity contribution in [2.45, 2.75) is 20.3 Å². The van der Waals surface area contributed by atoms with E-state index in [9.17, 15) is 9.59 Å². The molecule has 0 saturated heterocycles. The first-order valence-electron chi connectivity index (χ1n) is 4.28. The molecular formula is C10H14O4. The molecule has 0 aromatic carbocycles. The monoisotopic (exact) mass is 198 g/mol. The molecule has 0 saturated carbocycles. The Morgan fingerprint density at radius 3 is 2.57 bits per heavy atom. The molecule has 4 heteroatoms. The van der Waals surface area contributed by atoms with E-state index in [1.54, 1.807) is 0 Å². The van der Waals surface area contributed by atoms with E-state index in [1.807, 2.05) is 6.92 Å². The van der Waals surface area contributed by atoms with Gasteiger partial charge in [-0.2, -0.15) is 0 Å². The summed E-state index contributed by atoms with van der Waals surface area (Å²) in [5.74, 6) is -1.09. The third-order valence-electron chi connectivity index (χ3n) is 1.28. The van der Waals surface area contributed by atoms with Crippen LogP contribution in [0.3, 0.4) is 0 Å². The van der Waals surface area contributed by atoms with E-state index >= 15 is 0 Å². The summed E-state index contributed by atoms with van der Waals surface area (Å²) in [6.07, 6.45) is 2.83. The van der Waals surface area contributed by atoms with Crippen LogP contribution in [0.1, 0.15) is 20.3 Å². The molecule has 78 valence electrons. The predicted molar refractivity (Wildman–Crippen MR) is 51.3 cm³/mol. The SMILES string of the molecule is C=CC(=O)OC=C(C)C(=O)OCCC. The third-order valence-corrected chi connectivity index (χ3v) is 1.28. The molecule has 0 bridgehead atoms. The molecule has 14 heavy (non-hydrogen) atoms. The molecule has 0 fully saturated rings. The largest absolute Gasteiger partial charge is 0.462 e. The Hall–Kier alpha value is -1.58. The Morgan fingerprint density at radius 1 is 1.43 bits per heavy atom. The van der Waals surface area contributed by atoms with Crippen molar-refractivity contribution < 1.29 is 19.1 Å². The molecule has 0 heterocycles. The lowest BCUT2D eigenvalue weighted by Crippen LogP contribution is -2.07. The van der Waals surface area contributed by atoms with Crippen LogP contribution in [0.5, 0.6) is 0 Å². The first-order valence-corrected chi connectivity index (χ1v) is 4.28. The number of hydrogen-bond donors (Lipinski definition) is 0. The van der Waals surface area contributed by atoms with Gasteiger partial charge in [-0.3, -0.25) is 0 Å². The summed E-state index contributed by atoms with van der Waals surface area (Å²) in [6, 6.07) is 0. The van der Waals surface area contributed by atoms with Crippen LogP contribution in [0.2, 0.25) is 0 Å². The number of carbonyl (C=O) groups excluding carboxylic acids is 2. The lowest BCUT2D eigenvalue weighted by atomic mass is 10.3. The molecule has 0 amide bonds. The molecule has 0 N–H and O–H groups in total. The second-order valence-corrected chi connectivity index (χ2v) is 2.58. The fourth-order valence-electron chi connectivity index (χ4n) is 0.551. The lowest BCUT2D eigenvalue weighted by molar-refractivity contribution is -0.139. The van der Waals surface area contributed by atoms with Crippen LogP contribution in [0, 0.1) is 0 Å². The van der Waals surface area contributed by atoms with E-state index in [-0.39, 0.29) is 5.57 Å². The highest BCUT2D eigenvalue weighted by Crippen LogP contribution is 1.98. The molecule has 0 atom stereocenters. The maximum absolute atomic E-state index is 11.1. The number of carbonyl (C=O) groups is 2. The molecule has 0 aliphatic rings. The van der Waals surface area contributed by atoms with Crippen molar-refractivity contribution in [1.29, 1.82) is 0 Å². The van der Waals surface area contributed by atoms with Crippen molar-refractivity contribution in [2.75, 3.05) is 6.61 Å². The molecule has 0 aliphatic carbocycles. The van der Waals surface area contributed by atoms with Gasteiger partial charge in [0, 0.05) is 6.08 Å². The summed E-state index contributed by atoms with van der Waals surface area (Å²) in [6.45, 7) is 6.97. The van der Waals surface area contributed by atoms with Crippen molar-refractivity contribution in [2.24, 2.45) is 0 Å². The Balaban J connectivity index is 4.03. The Kier molecular flexibility index (Phi) is 6.11. The topological polar surface area (TPSA) is 52.6 Å². The quantitative estimate of drug-likeness (QED) is 0.382. The van der Waals surface area contributed by atoms with E-state index in [4.69, 9.17) is 4.74 Å². The fraction of sp³-hybridized carbons (Fsp3) is 0.400. The van der Waals surface area contributed by atoms with Crippen LogP contribution in [-0.2, 0) is 19.1 Å². The molecule has 0 aliphatic heterocycles. The number of ether oxygens (including phenoxy) is 2. The Labute approximate surface area is 83.2 Å². The van der Waals surface area contributed by atoms with Gasteiger partial charge in [0.05, 0.1) is 12.2 Å². The highest BCUT2D eigenvalue weighted by molar-refractivity contribution is 5.88. The number of rotatable bonds is 5. The number of esters is 2. The summed E-state index contributed by atoms with van der Waals surface area (Å²) in [4.78, 5) is 21.7. The van der Waals surface area contributed by atoms with Gasteiger partial charge in [0.15, 0.2) is 0 Å². The zero-order valence-corrected chi connectivity index (χ0v) is 8.41. The van der Waals surface area contributed by atoms with Crippen LogP contribution in [0.15, 0.2) is 24.5 Å². The smallest absolute Gasteiger partial charge is 0.336 e. The van der Waals surface area contributed by atoms with Gasteiger partial charge in [0.25, 0.3) is 0 Å². The summed E-state index contributed by atoms with van der Waals surface area (Å²) in [5.41, 5.74) is 0.244. The predicted octanol–water partition coefficient (Wildman–Crippen LogP) is 1.57. The second-order valence-electron chi connectivity index (χ2n) is 2.58. The first kappa shape index (κ1) is 12.4. The molecule has 0 rings (SSSR count). The van der Waals surface area contributed by atoms with Crippen LogP contribution in [0.4, 0.5) is 0 Å². The lowest BCUT2D eigenvalue weighted by Gasteiger charge is -2.02. The van der Waals surface area contributed by atoms with Crippen LogP contribution >= 0.6 is 0 Å². The van der Waals surface area contributed by atoms with Crippen molar-refractivity contribution in [1.82, 2.24) is 0 Å². The maximum Gasteiger partial charge on any atom is 0.336 e. The van der Waals surface area contributed by atoms with Gasteiger partial charge >= 0.3 is 11.9 Å². The van der Waals surface area contributed by atoms with Gasteiger partial charge in [0.1, 0.15) is 6.26 Å². The minimum atomic E-state index is -0.604. The van der Waals surface area contributed by atoms with Crippen molar-refractivity contribution in [3.05, 3.63) is 24.5 Å². The van der Waals surface area contributed by atoms with Crippen molar-refractivity contribution >= 4 is 11.9 Å². The minimum Gasteiger partial charge on any atom is -0.462 e. The van der Waals surface area contributed by atoms with Crippen molar-refractivity contribution in [3.63, 3.8) is 0 Å². The van der Waals surface area contributed by atoms with E-state index < -0.39 is 11.9 Å². The van der Waals surface area contributed by atoms with E-state index in [0.717, 1.165) is 18.8 Å². The molecule has 4 nitrogen and oxygen atoms in total. The van der Waals surface area contributed by atoms with Crippen molar-refractivity contribution in [3.8, 4) is 0 Å². The Bertz CT molecular complexity index is 253. The average Bonchev–Trinajstić information content (AvgIpc) is 2.21. The average molecular weight is 198 g/mol. The molecular weight excluding hydrogens is 184 g/mol. The summed E-state index contributed by atoms with van der Waals surface area (Å²) < 4.78 is 9.33. The highest BCUT2D eigenvalue weighted by atomic mass is 16.5. The number of hydrogen-bond acceptors (Lipinski definition) is 4. The molecule has 0 radical (unpaired) electrons. The summed E-state index contributed by atoms with van der Waals surface area (Å²) in [5, 5.41) is 0. The second kappa shape index (κ2) is 6.88. The van der Waals surface area contributed by atoms with Gasteiger partial charge in [0.2, 0.25) is 0 Å². The zero-order valence-electron chi connectivity index (χ0n) is 8.41. The molecule has 0 aromatic rings. The van der Waals surface area contributed by atoms with E-state index in [1.165, 1.54) is 6.92 Å². The molecule has 0 spiro atoms. The van der Waals surface area contributed by atoms with E-state index in [0.29, 0.717) is 6.61 Å². The van der Waals surface area contributed by atoms with Gasteiger partial charge in [-0.25, -0.2) is 9.59 Å². The molecule has 0 unspecified atom stereocenters. The van der Waals surface area contributed by atoms with Gasteiger partial charge < -0.3 is 9.47 Å². The Morgan fingerprint density at radius 2 is 2.07 bits per heavy atom. The highest BCUT2D eigenvalue weighted by Gasteiger charge is 2.05. The van der Waals surface area contributed by atoms with Crippen LogP contribution in [-0.4, -0.2) is 18.5 Å². The minimum absolute atomic E-state index is 0.244. The van der Waals surface area contributed by atoms with Crippen LogP contribution < -0.4 is 0 Å². The van der Waals surface area contributed by atoms with Gasteiger partial charge in [-0.05, 0) is 13.3 Å². The van der Waals surface area contributed by atoms with Gasteiger partial charge in [-0.15, -0.1) is 0 Å². The van der Waals surface area contributed by atoms with E-state index in [2.05, 4.69) is 11.3 Å². The third kappa shape index (κ3) is 5.13. The maximum atomic E-state index is 11.1. The standard InChI is InChI=1S/C10H14O4/c1-4-6-13-10(12)8(3)7-14-9(11)5-2/h5,7H,2,4,6H2,1,3H3. The summed E-state index contributed by atoms with van der Waals surface area (Å²) >= 11 is 0. The normalized spacial score (nSPS) is 10.6. The molecule has 0 aromatic heterocycles. The van der Waals surface area contributed by atoms with Gasteiger partial charge in [-0.1, -0.05) is 13.5 Å². The summed E-state index contributed by atoms with van der Waals surface area (Å²) in [7, 11) is 0. The fourth-order valence-corrected chi connectivity index (χ4v) is 0.551. The zero-order chi connectivity index (χ0) is 11.0. The first-order chi connectivity index (χ1) is 6.61. The van der Waals surface area contributed by atoms with Crippen LogP contribution in [0.25, 0.3) is 0 Å².